The molecule has 124 valence electrons. The quantitative estimate of drug-likeness (QED) is 0.579. The molecule has 1 aromatic rings. The topological polar surface area (TPSA) is 32.3 Å². The molecule has 0 aliphatic carbocycles. The number of carbonyl (C=O) groups is 1. The minimum Gasteiger partial charge on any atom is -0.355 e. The molecule has 6 heteroatoms. The number of hydrogen-bond acceptors (Lipinski definition) is 3. The largest absolute Gasteiger partial charge is 0.355 e. The molecule has 1 aliphatic heterocycles. The number of rotatable bonds is 8. The van der Waals surface area contributed by atoms with Gasteiger partial charge in [0, 0.05) is 11.4 Å². The lowest BCUT2D eigenvalue weighted by atomic mass is 10.3. The van der Waals surface area contributed by atoms with Crippen LogP contribution >= 0.6 is 24.2 Å². The average molecular weight is 347 g/mol. The third-order valence-corrected chi connectivity index (χ3v) is 4.62. The van der Waals surface area contributed by atoms with E-state index in [4.69, 9.17) is 0 Å². The smallest absolute Gasteiger partial charge is 0.230 e. The Morgan fingerprint density at radius 2 is 1.86 bits per heavy atom. The van der Waals surface area contributed by atoms with Gasteiger partial charge in [-0.1, -0.05) is 0 Å². The normalized spacial score (nSPS) is 14.6. The summed E-state index contributed by atoms with van der Waals surface area (Å²) in [5, 5.41) is 2.94. The number of carbonyl (C=O) groups excluding carboxylic acids is 1. The lowest BCUT2D eigenvalue weighted by Gasteiger charge is -2.13. The SMILES string of the molecule is Cl.O=C(CSc1ccc(F)cc1)NCCCCN1CCCC1. The van der Waals surface area contributed by atoms with Gasteiger partial charge in [-0.2, -0.15) is 0 Å². The molecule has 0 saturated carbocycles. The molecule has 0 atom stereocenters. The Bertz CT molecular complexity index is 438. The van der Waals surface area contributed by atoms with Gasteiger partial charge < -0.3 is 10.2 Å². The summed E-state index contributed by atoms with van der Waals surface area (Å²) in [4.78, 5) is 15.1. The standard InChI is InChI=1S/C16H23FN2OS.ClH/c17-14-5-7-15(8-6-14)21-13-16(20)18-9-1-2-10-19-11-3-4-12-19;/h5-8H,1-4,9-13H2,(H,18,20);1H. The highest BCUT2D eigenvalue weighted by Crippen LogP contribution is 2.17. The van der Waals surface area contributed by atoms with Crippen LogP contribution in [0.25, 0.3) is 0 Å². The predicted octanol–water partition coefficient (Wildman–Crippen LogP) is 3.33. The molecule has 0 unspecified atom stereocenters. The first-order chi connectivity index (χ1) is 10.2. The van der Waals surface area contributed by atoms with Gasteiger partial charge in [-0.3, -0.25) is 4.79 Å². The molecule has 0 spiro atoms. The molecule has 22 heavy (non-hydrogen) atoms. The molecular weight excluding hydrogens is 323 g/mol. The van der Waals surface area contributed by atoms with Crippen LogP contribution in [0.2, 0.25) is 0 Å². The predicted molar refractivity (Wildman–Crippen MR) is 92.3 cm³/mol. The van der Waals surface area contributed by atoms with Crippen LogP contribution in [0.15, 0.2) is 29.2 Å². The van der Waals surface area contributed by atoms with E-state index in [1.54, 1.807) is 12.1 Å². The van der Waals surface area contributed by atoms with Crippen molar-refractivity contribution in [2.24, 2.45) is 0 Å². The van der Waals surface area contributed by atoms with Gasteiger partial charge in [-0.25, -0.2) is 4.39 Å². The van der Waals surface area contributed by atoms with Gasteiger partial charge in [0.25, 0.3) is 0 Å². The number of hydrogen-bond donors (Lipinski definition) is 1. The van der Waals surface area contributed by atoms with Crippen LogP contribution < -0.4 is 5.32 Å². The third-order valence-electron chi connectivity index (χ3n) is 3.61. The van der Waals surface area contributed by atoms with Crippen molar-refractivity contribution in [2.75, 3.05) is 31.9 Å². The van der Waals surface area contributed by atoms with Crippen LogP contribution in [0.4, 0.5) is 4.39 Å². The van der Waals surface area contributed by atoms with Crippen molar-refractivity contribution >= 4 is 30.1 Å². The van der Waals surface area contributed by atoms with Gasteiger partial charge in [-0.05, 0) is 69.6 Å². The molecule has 0 bridgehead atoms. The van der Waals surface area contributed by atoms with E-state index in [-0.39, 0.29) is 24.1 Å². The first kappa shape index (κ1) is 19.3. The van der Waals surface area contributed by atoms with Gasteiger partial charge in [-0.15, -0.1) is 24.2 Å². The maximum atomic E-state index is 12.7. The van der Waals surface area contributed by atoms with E-state index in [9.17, 15) is 9.18 Å². The zero-order valence-electron chi connectivity index (χ0n) is 12.7. The van der Waals surface area contributed by atoms with Crippen LogP contribution in [-0.4, -0.2) is 42.7 Å². The second-order valence-electron chi connectivity index (χ2n) is 5.35. The van der Waals surface area contributed by atoms with Crippen LogP contribution in [0.1, 0.15) is 25.7 Å². The molecule has 1 N–H and O–H groups in total. The maximum Gasteiger partial charge on any atom is 0.230 e. The van der Waals surface area contributed by atoms with E-state index < -0.39 is 0 Å². The molecule has 0 aromatic heterocycles. The monoisotopic (exact) mass is 346 g/mol. The Labute approximate surface area is 142 Å². The second-order valence-corrected chi connectivity index (χ2v) is 6.40. The minimum atomic E-state index is -0.248. The Kier molecular flexibility index (Phi) is 9.52. The molecule has 1 fully saturated rings. The average Bonchev–Trinajstić information content (AvgIpc) is 2.99. The highest BCUT2D eigenvalue weighted by molar-refractivity contribution is 8.00. The van der Waals surface area contributed by atoms with Crippen molar-refractivity contribution < 1.29 is 9.18 Å². The van der Waals surface area contributed by atoms with Crippen molar-refractivity contribution in [3.63, 3.8) is 0 Å². The van der Waals surface area contributed by atoms with E-state index in [1.165, 1.54) is 49.8 Å². The fourth-order valence-corrected chi connectivity index (χ4v) is 3.15. The van der Waals surface area contributed by atoms with Crippen molar-refractivity contribution in [1.29, 1.82) is 0 Å². The van der Waals surface area contributed by atoms with Gasteiger partial charge in [0.05, 0.1) is 5.75 Å². The molecule has 0 radical (unpaired) electrons. The van der Waals surface area contributed by atoms with E-state index >= 15 is 0 Å². The van der Waals surface area contributed by atoms with Crippen LogP contribution in [0.3, 0.4) is 0 Å². The molecule has 1 heterocycles. The number of benzene rings is 1. The maximum absolute atomic E-state index is 12.7. The summed E-state index contributed by atoms with van der Waals surface area (Å²) < 4.78 is 12.7. The van der Waals surface area contributed by atoms with Crippen molar-refractivity contribution in [1.82, 2.24) is 10.2 Å². The Morgan fingerprint density at radius 3 is 2.55 bits per heavy atom. The lowest BCUT2D eigenvalue weighted by Crippen LogP contribution is -2.27. The summed E-state index contributed by atoms with van der Waals surface area (Å²) in [6.07, 6.45) is 4.84. The zero-order chi connectivity index (χ0) is 14.9. The number of halogens is 2. The summed E-state index contributed by atoms with van der Waals surface area (Å²) in [6, 6.07) is 6.23. The Hall–Kier alpha value is -0.780. The number of nitrogens with zero attached hydrogens (tertiary/aromatic N) is 1. The van der Waals surface area contributed by atoms with E-state index in [0.717, 1.165) is 30.8 Å². The molecular formula is C16H24ClFN2OS. The molecule has 2 rings (SSSR count). The fraction of sp³-hybridized carbons (Fsp3) is 0.562. The first-order valence-corrected chi connectivity index (χ1v) is 8.60. The van der Waals surface area contributed by atoms with Gasteiger partial charge >= 0.3 is 0 Å². The molecule has 1 saturated heterocycles. The molecule has 3 nitrogen and oxygen atoms in total. The number of unbranched alkanes of at least 4 members (excludes halogenated alkanes) is 1. The van der Waals surface area contributed by atoms with Crippen molar-refractivity contribution in [2.45, 2.75) is 30.6 Å². The van der Waals surface area contributed by atoms with Gasteiger partial charge in [0.15, 0.2) is 0 Å². The van der Waals surface area contributed by atoms with Crippen LogP contribution in [0.5, 0.6) is 0 Å². The van der Waals surface area contributed by atoms with E-state index in [0.29, 0.717) is 5.75 Å². The van der Waals surface area contributed by atoms with E-state index in [1.807, 2.05) is 0 Å². The summed E-state index contributed by atoms with van der Waals surface area (Å²) >= 11 is 1.43. The summed E-state index contributed by atoms with van der Waals surface area (Å²) in [5.74, 6) is 0.185. The third kappa shape index (κ3) is 7.47. The number of thioether (sulfide) groups is 1. The van der Waals surface area contributed by atoms with E-state index in [2.05, 4.69) is 10.2 Å². The highest BCUT2D eigenvalue weighted by atomic mass is 35.5. The fourth-order valence-electron chi connectivity index (χ4n) is 2.43. The minimum absolute atomic E-state index is 0. The van der Waals surface area contributed by atoms with Crippen LogP contribution in [0, 0.1) is 5.82 Å². The van der Waals surface area contributed by atoms with Gasteiger partial charge in [0.2, 0.25) is 5.91 Å². The van der Waals surface area contributed by atoms with Crippen molar-refractivity contribution in [3.05, 3.63) is 30.1 Å². The van der Waals surface area contributed by atoms with Crippen LogP contribution in [-0.2, 0) is 4.79 Å². The summed E-state index contributed by atoms with van der Waals surface area (Å²) in [5.41, 5.74) is 0. The first-order valence-electron chi connectivity index (χ1n) is 7.61. The highest BCUT2D eigenvalue weighted by Gasteiger charge is 2.10. The number of likely N-dealkylation sites (tertiary alicyclic amines) is 1. The molecule has 1 aliphatic rings. The lowest BCUT2D eigenvalue weighted by molar-refractivity contribution is -0.118. The summed E-state index contributed by atoms with van der Waals surface area (Å²) in [6.45, 7) is 4.37. The number of nitrogens with one attached hydrogen (secondary N) is 1. The van der Waals surface area contributed by atoms with Crippen molar-refractivity contribution in [3.8, 4) is 0 Å². The molecule has 1 amide bonds. The van der Waals surface area contributed by atoms with Gasteiger partial charge in [0.1, 0.15) is 5.82 Å². The molecule has 1 aromatic carbocycles. The Morgan fingerprint density at radius 1 is 1.18 bits per heavy atom. The second kappa shape index (κ2) is 10.9. The Balaban J connectivity index is 0.00000242. The number of amides is 1. The summed E-state index contributed by atoms with van der Waals surface area (Å²) in [7, 11) is 0. The zero-order valence-corrected chi connectivity index (χ0v) is 14.4.